The zero-order chi connectivity index (χ0) is 13.0. The van der Waals surface area contributed by atoms with E-state index < -0.39 is 0 Å². The molecule has 0 fully saturated rings. The minimum absolute atomic E-state index is 0. The minimum atomic E-state index is -0.145. The largest absolute Gasteiger partial charge is 1.00 e. The van der Waals surface area contributed by atoms with Gasteiger partial charge >= 0.3 is 0 Å². The molecule has 1 aromatic heterocycles. The predicted molar refractivity (Wildman–Crippen MR) is 71.1 cm³/mol. The lowest BCUT2D eigenvalue weighted by atomic mass is 10.3. The lowest BCUT2D eigenvalue weighted by molar-refractivity contribution is -0.684. The first kappa shape index (κ1) is 15.5. The fraction of sp³-hybridized carbons (Fsp3) is 0.0769. The van der Waals surface area contributed by atoms with Gasteiger partial charge in [0.1, 0.15) is 0 Å². The van der Waals surface area contributed by atoms with Crippen molar-refractivity contribution >= 4 is 27.5 Å². The van der Waals surface area contributed by atoms with E-state index in [2.05, 4.69) is 21.2 Å². The average molecular weight is 344 g/mol. The van der Waals surface area contributed by atoms with Crippen LogP contribution in [0, 0.1) is 0 Å². The Labute approximate surface area is 125 Å². The van der Waals surface area contributed by atoms with Gasteiger partial charge in [0.05, 0.1) is 0 Å². The average Bonchev–Trinajstić information content (AvgIpc) is 2.32. The van der Waals surface area contributed by atoms with Crippen molar-refractivity contribution in [2.45, 2.75) is 6.54 Å². The Kier molecular flexibility index (Phi) is 5.79. The number of nitrogens with zero attached hydrogens (tertiary/aromatic N) is 1. The molecule has 6 heteroatoms. The quantitative estimate of drug-likeness (QED) is 0.709. The van der Waals surface area contributed by atoms with Gasteiger partial charge in [0.2, 0.25) is 12.7 Å². The van der Waals surface area contributed by atoms with Gasteiger partial charge in [-0.05, 0) is 30.3 Å². The van der Waals surface area contributed by atoms with Gasteiger partial charge in [-0.3, -0.25) is 4.79 Å². The third kappa shape index (κ3) is 4.89. The van der Waals surface area contributed by atoms with Crippen LogP contribution < -0.4 is 22.3 Å². The van der Waals surface area contributed by atoms with Crippen LogP contribution in [-0.4, -0.2) is 11.0 Å². The fourth-order valence-electron chi connectivity index (χ4n) is 1.51. The molecule has 1 aromatic carbocycles. The SMILES string of the molecule is O=C(C[n+]1cccc(O)c1)Nc1ccc(Br)cc1.[Cl-]. The zero-order valence-corrected chi connectivity index (χ0v) is 12.2. The highest BCUT2D eigenvalue weighted by atomic mass is 79.9. The van der Waals surface area contributed by atoms with Crippen LogP contribution in [0.5, 0.6) is 5.75 Å². The predicted octanol–water partition coefficient (Wildman–Crippen LogP) is -0.915. The molecule has 0 spiro atoms. The number of aromatic hydroxyl groups is 1. The summed E-state index contributed by atoms with van der Waals surface area (Å²) in [6, 6.07) is 10.6. The first-order valence-corrected chi connectivity index (χ1v) is 6.16. The van der Waals surface area contributed by atoms with E-state index in [9.17, 15) is 9.90 Å². The molecule has 2 aromatic rings. The summed E-state index contributed by atoms with van der Waals surface area (Å²) in [5.74, 6) is -0.0122. The van der Waals surface area contributed by atoms with E-state index in [0.29, 0.717) is 0 Å². The van der Waals surface area contributed by atoms with E-state index in [0.717, 1.165) is 10.2 Å². The number of benzene rings is 1. The Balaban J connectivity index is 0.00000180. The van der Waals surface area contributed by atoms with Crippen LogP contribution >= 0.6 is 15.9 Å². The van der Waals surface area contributed by atoms with Crippen LogP contribution in [0.1, 0.15) is 0 Å². The molecule has 4 nitrogen and oxygen atoms in total. The van der Waals surface area contributed by atoms with E-state index in [1.54, 1.807) is 22.9 Å². The van der Waals surface area contributed by atoms with Crippen molar-refractivity contribution in [3.8, 4) is 5.75 Å². The number of carbonyl (C=O) groups excluding carboxylic acids is 1. The van der Waals surface area contributed by atoms with Crippen molar-refractivity contribution in [1.29, 1.82) is 0 Å². The molecular formula is C13H12BrClN2O2. The Morgan fingerprint density at radius 1 is 1.26 bits per heavy atom. The highest BCUT2D eigenvalue weighted by molar-refractivity contribution is 9.10. The van der Waals surface area contributed by atoms with Crippen LogP contribution in [0.4, 0.5) is 5.69 Å². The molecule has 0 aliphatic rings. The maximum atomic E-state index is 11.8. The lowest BCUT2D eigenvalue weighted by Gasteiger charge is -2.03. The number of amides is 1. The summed E-state index contributed by atoms with van der Waals surface area (Å²) in [6.07, 6.45) is 3.22. The van der Waals surface area contributed by atoms with Gasteiger partial charge < -0.3 is 22.8 Å². The first-order chi connectivity index (χ1) is 8.63. The molecule has 0 aliphatic heterocycles. The number of rotatable bonds is 3. The van der Waals surface area contributed by atoms with Crippen molar-refractivity contribution in [3.63, 3.8) is 0 Å². The molecule has 0 saturated heterocycles. The second-order valence-electron chi connectivity index (χ2n) is 3.79. The van der Waals surface area contributed by atoms with Crippen molar-refractivity contribution in [3.05, 3.63) is 53.3 Å². The van der Waals surface area contributed by atoms with Crippen LogP contribution in [0.15, 0.2) is 53.3 Å². The maximum Gasteiger partial charge on any atom is 0.290 e. The van der Waals surface area contributed by atoms with Crippen molar-refractivity contribution < 1.29 is 26.9 Å². The second-order valence-corrected chi connectivity index (χ2v) is 4.71. The van der Waals surface area contributed by atoms with E-state index >= 15 is 0 Å². The minimum Gasteiger partial charge on any atom is -1.00 e. The van der Waals surface area contributed by atoms with Crippen LogP contribution in [-0.2, 0) is 11.3 Å². The van der Waals surface area contributed by atoms with E-state index in [1.165, 1.54) is 6.20 Å². The normalized spacial score (nSPS) is 9.53. The van der Waals surface area contributed by atoms with Gasteiger partial charge in [-0.25, -0.2) is 0 Å². The summed E-state index contributed by atoms with van der Waals surface area (Å²) in [5, 5.41) is 12.1. The molecule has 0 bridgehead atoms. The van der Waals surface area contributed by atoms with E-state index in [1.807, 2.05) is 24.3 Å². The molecule has 2 rings (SSSR count). The van der Waals surface area contributed by atoms with Gasteiger partial charge in [-0.2, -0.15) is 4.57 Å². The lowest BCUT2D eigenvalue weighted by Crippen LogP contribution is -3.00. The summed E-state index contributed by atoms with van der Waals surface area (Å²) in [5.41, 5.74) is 0.740. The highest BCUT2D eigenvalue weighted by Crippen LogP contribution is 2.13. The number of aromatic nitrogens is 1. The van der Waals surface area contributed by atoms with E-state index in [4.69, 9.17) is 0 Å². The smallest absolute Gasteiger partial charge is 0.290 e. The fourth-order valence-corrected chi connectivity index (χ4v) is 1.77. The molecule has 0 atom stereocenters. The maximum absolute atomic E-state index is 11.8. The van der Waals surface area contributed by atoms with Crippen molar-refractivity contribution in [2.24, 2.45) is 0 Å². The topological polar surface area (TPSA) is 53.2 Å². The highest BCUT2D eigenvalue weighted by Gasteiger charge is 2.09. The Hall–Kier alpha value is -1.59. The molecule has 19 heavy (non-hydrogen) atoms. The molecule has 0 unspecified atom stereocenters. The first-order valence-electron chi connectivity index (χ1n) is 5.37. The van der Waals surface area contributed by atoms with Crippen molar-refractivity contribution in [2.75, 3.05) is 5.32 Å². The molecule has 0 saturated carbocycles. The van der Waals surface area contributed by atoms with Gasteiger partial charge in [-0.1, -0.05) is 15.9 Å². The Morgan fingerprint density at radius 2 is 1.95 bits per heavy atom. The molecular weight excluding hydrogens is 332 g/mol. The summed E-state index contributed by atoms with van der Waals surface area (Å²) in [7, 11) is 0. The van der Waals surface area contributed by atoms with Crippen LogP contribution in [0.3, 0.4) is 0 Å². The van der Waals surface area contributed by atoms with Crippen LogP contribution in [0.25, 0.3) is 0 Å². The standard InChI is InChI=1S/C13H11BrN2O2.ClH/c14-10-3-5-11(6-4-10)15-13(18)9-16-7-1-2-12(17)8-16;/h1-8H,9H2,(H-,15,17,18);1H. The number of pyridine rings is 1. The Morgan fingerprint density at radius 3 is 2.58 bits per heavy atom. The summed E-state index contributed by atoms with van der Waals surface area (Å²) < 4.78 is 2.58. The van der Waals surface area contributed by atoms with Crippen LogP contribution in [0.2, 0.25) is 0 Å². The van der Waals surface area contributed by atoms with Gasteiger partial charge in [0.25, 0.3) is 5.91 Å². The molecule has 0 radical (unpaired) electrons. The number of nitrogens with one attached hydrogen (secondary N) is 1. The number of halogens is 2. The number of carbonyl (C=O) groups is 1. The zero-order valence-electron chi connectivity index (χ0n) is 9.88. The van der Waals surface area contributed by atoms with Gasteiger partial charge in [0.15, 0.2) is 11.9 Å². The molecule has 100 valence electrons. The third-order valence-electron chi connectivity index (χ3n) is 2.30. The Bertz CT molecular complexity index is 561. The molecule has 0 aliphatic carbocycles. The monoisotopic (exact) mass is 342 g/mol. The number of hydrogen-bond acceptors (Lipinski definition) is 2. The van der Waals surface area contributed by atoms with E-state index in [-0.39, 0.29) is 30.6 Å². The third-order valence-corrected chi connectivity index (χ3v) is 2.83. The molecule has 1 amide bonds. The summed E-state index contributed by atoms with van der Waals surface area (Å²) >= 11 is 3.33. The summed E-state index contributed by atoms with van der Waals surface area (Å²) in [4.78, 5) is 11.8. The second kappa shape index (κ2) is 7.11. The molecule has 2 N–H and O–H groups in total. The summed E-state index contributed by atoms with van der Waals surface area (Å²) in [6.45, 7) is 0.157. The number of anilines is 1. The van der Waals surface area contributed by atoms with Gasteiger partial charge in [0, 0.05) is 16.2 Å². The van der Waals surface area contributed by atoms with Gasteiger partial charge in [-0.15, -0.1) is 0 Å². The number of hydrogen-bond donors (Lipinski definition) is 2. The van der Waals surface area contributed by atoms with Crippen molar-refractivity contribution in [1.82, 2.24) is 0 Å². The molecule has 1 heterocycles.